The molecule has 0 saturated carbocycles. The summed E-state index contributed by atoms with van der Waals surface area (Å²) < 4.78 is 5.64. The lowest BCUT2D eigenvalue weighted by atomic mass is 9.87. The van der Waals surface area contributed by atoms with E-state index in [4.69, 9.17) is 16.3 Å². The maximum absolute atomic E-state index is 13.0. The Hall–Kier alpha value is -3.78. The molecule has 2 aromatic carbocycles. The van der Waals surface area contributed by atoms with Crippen molar-refractivity contribution in [1.82, 2.24) is 10.2 Å². The quantitative estimate of drug-likeness (QED) is 0.427. The number of allylic oxidation sites excluding steroid dienone is 1. The predicted molar refractivity (Wildman–Crippen MR) is 142 cm³/mol. The number of urea groups is 1. The smallest absolute Gasteiger partial charge is 0.329 e. The number of amides is 4. The van der Waals surface area contributed by atoms with Crippen LogP contribution in [-0.2, 0) is 9.59 Å². The van der Waals surface area contributed by atoms with E-state index in [2.05, 4.69) is 49.3 Å². The molecule has 2 heterocycles. The Morgan fingerprint density at radius 2 is 1.89 bits per heavy atom. The minimum Gasteiger partial charge on any atom is -0.496 e. The average Bonchev–Trinajstić information content (AvgIpc) is 3.07. The molecule has 0 radical (unpaired) electrons. The van der Waals surface area contributed by atoms with Gasteiger partial charge in [-0.3, -0.25) is 9.59 Å². The summed E-state index contributed by atoms with van der Waals surface area (Å²) in [5.41, 5.74) is 4.27. The molecule has 4 amide bonds. The van der Waals surface area contributed by atoms with Gasteiger partial charge in [0.25, 0.3) is 5.91 Å². The maximum atomic E-state index is 13.0. The third-order valence-electron chi connectivity index (χ3n) is 6.34. The first-order valence-corrected chi connectivity index (χ1v) is 12.0. The minimum atomic E-state index is -0.663. The molecule has 2 aliphatic heterocycles. The van der Waals surface area contributed by atoms with Crippen molar-refractivity contribution in [2.45, 2.75) is 33.2 Å². The number of fused-ring (bicyclic) bond motifs is 1. The molecule has 0 aliphatic carbocycles. The van der Waals surface area contributed by atoms with E-state index in [1.807, 2.05) is 12.1 Å². The predicted octanol–water partition coefficient (Wildman–Crippen LogP) is 4.90. The molecule has 0 bridgehead atoms. The third kappa shape index (κ3) is 4.81. The number of methoxy groups -OCH3 is 1. The van der Waals surface area contributed by atoms with Gasteiger partial charge in [0.15, 0.2) is 0 Å². The van der Waals surface area contributed by atoms with Gasteiger partial charge in [-0.05, 0) is 69.7 Å². The molecule has 4 rings (SSSR count). The summed E-state index contributed by atoms with van der Waals surface area (Å²) in [6.07, 6.45) is 3.80. The summed E-state index contributed by atoms with van der Waals surface area (Å²) in [6.45, 7) is 8.88. The van der Waals surface area contributed by atoms with E-state index in [-0.39, 0.29) is 11.2 Å². The number of rotatable bonds is 6. The van der Waals surface area contributed by atoms with E-state index >= 15 is 0 Å². The van der Waals surface area contributed by atoms with Crippen LogP contribution in [0.15, 0.2) is 48.2 Å². The first kappa shape index (κ1) is 25.3. The molecule has 2 aromatic rings. The SMILES string of the molecule is CCN1c2cc(OC)c(/C=C3/NC(=O)N(CC(=O)Nc4ccc(Cl)cc4)C3=O)cc2C(C)=CC1(C)C. The number of ether oxygens (including phenoxy) is 1. The fourth-order valence-corrected chi connectivity index (χ4v) is 4.86. The summed E-state index contributed by atoms with van der Waals surface area (Å²) >= 11 is 5.86. The molecule has 0 unspecified atom stereocenters. The lowest BCUT2D eigenvalue weighted by Gasteiger charge is -2.43. The zero-order valence-electron chi connectivity index (χ0n) is 20.9. The molecule has 1 saturated heterocycles. The molecule has 8 nitrogen and oxygen atoms in total. The molecule has 9 heteroatoms. The number of carbonyl (C=O) groups excluding carboxylic acids is 3. The number of anilines is 2. The number of likely N-dealkylation sites (N-methyl/N-ethyl adjacent to an activating group) is 1. The molecule has 0 atom stereocenters. The van der Waals surface area contributed by atoms with Crippen LogP contribution in [0.1, 0.15) is 38.8 Å². The van der Waals surface area contributed by atoms with Gasteiger partial charge >= 0.3 is 6.03 Å². The van der Waals surface area contributed by atoms with Crippen LogP contribution in [0.3, 0.4) is 0 Å². The zero-order chi connectivity index (χ0) is 26.2. The molecule has 188 valence electrons. The van der Waals surface area contributed by atoms with E-state index in [1.165, 1.54) is 0 Å². The van der Waals surface area contributed by atoms with Crippen molar-refractivity contribution in [3.63, 3.8) is 0 Å². The molecule has 2 aliphatic rings. The number of hydrogen-bond acceptors (Lipinski definition) is 5. The van der Waals surface area contributed by atoms with E-state index in [1.54, 1.807) is 37.5 Å². The number of nitrogens with one attached hydrogen (secondary N) is 2. The monoisotopic (exact) mass is 508 g/mol. The summed E-state index contributed by atoms with van der Waals surface area (Å²) in [6, 6.07) is 9.80. The fourth-order valence-electron chi connectivity index (χ4n) is 4.74. The molecule has 2 N–H and O–H groups in total. The molecule has 1 fully saturated rings. The average molecular weight is 509 g/mol. The maximum Gasteiger partial charge on any atom is 0.329 e. The van der Waals surface area contributed by atoms with E-state index in [9.17, 15) is 14.4 Å². The Morgan fingerprint density at radius 3 is 2.53 bits per heavy atom. The first-order valence-electron chi connectivity index (χ1n) is 11.6. The molecule has 0 spiro atoms. The van der Waals surface area contributed by atoms with Crippen molar-refractivity contribution in [2.24, 2.45) is 0 Å². The largest absolute Gasteiger partial charge is 0.496 e. The summed E-state index contributed by atoms with van der Waals surface area (Å²) in [5.74, 6) is -0.516. The third-order valence-corrected chi connectivity index (χ3v) is 6.59. The van der Waals surface area contributed by atoms with Crippen molar-refractivity contribution < 1.29 is 19.1 Å². The first-order chi connectivity index (χ1) is 17.0. The second kappa shape index (κ2) is 9.70. The lowest BCUT2D eigenvalue weighted by molar-refractivity contribution is -0.127. The van der Waals surface area contributed by atoms with Crippen LogP contribution in [0.4, 0.5) is 16.2 Å². The highest BCUT2D eigenvalue weighted by Crippen LogP contribution is 2.42. The van der Waals surface area contributed by atoms with Gasteiger partial charge in [-0.2, -0.15) is 0 Å². The number of hydrogen-bond donors (Lipinski definition) is 2. The second-order valence-corrected chi connectivity index (χ2v) is 9.71. The van der Waals surface area contributed by atoms with E-state index < -0.39 is 24.4 Å². The van der Waals surface area contributed by atoms with Crippen molar-refractivity contribution in [1.29, 1.82) is 0 Å². The molecule has 0 aromatic heterocycles. The summed E-state index contributed by atoms with van der Waals surface area (Å²) in [4.78, 5) is 41.1. The summed E-state index contributed by atoms with van der Waals surface area (Å²) in [7, 11) is 1.57. The van der Waals surface area contributed by atoms with Crippen LogP contribution in [0.2, 0.25) is 5.02 Å². The van der Waals surface area contributed by atoms with Crippen molar-refractivity contribution in [3.8, 4) is 5.75 Å². The van der Waals surface area contributed by atoms with Crippen molar-refractivity contribution >= 4 is 52.5 Å². The minimum absolute atomic E-state index is 0.0719. The van der Waals surface area contributed by atoms with Gasteiger partial charge in [0.1, 0.15) is 18.0 Å². The summed E-state index contributed by atoms with van der Waals surface area (Å²) in [5, 5.41) is 5.76. The van der Waals surface area contributed by atoms with Gasteiger partial charge in [-0.25, -0.2) is 9.69 Å². The number of benzene rings is 2. The van der Waals surface area contributed by atoms with Gasteiger partial charge in [-0.1, -0.05) is 17.7 Å². The Kier molecular flexibility index (Phi) is 6.82. The van der Waals surface area contributed by atoms with E-state index in [0.29, 0.717) is 22.0 Å². The van der Waals surface area contributed by atoms with Crippen LogP contribution in [0.5, 0.6) is 5.75 Å². The molecular formula is C27H29ClN4O4. The van der Waals surface area contributed by atoms with Gasteiger partial charge in [0.05, 0.1) is 12.6 Å². The van der Waals surface area contributed by atoms with E-state index in [0.717, 1.165) is 28.3 Å². The van der Waals surface area contributed by atoms with Gasteiger partial charge in [0.2, 0.25) is 5.91 Å². The van der Waals surface area contributed by atoms with Gasteiger partial charge in [-0.15, -0.1) is 0 Å². The van der Waals surface area contributed by atoms with Crippen molar-refractivity contribution in [2.75, 3.05) is 30.4 Å². The van der Waals surface area contributed by atoms with Crippen LogP contribution in [-0.4, -0.2) is 48.5 Å². The highest BCUT2D eigenvalue weighted by Gasteiger charge is 2.36. The lowest BCUT2D eigenvalue weighted by Crippen LogP contribution is -2.44. The standard InChI is InChI=1S/C27H29ClN4O4/c1-6-32-22-13-23(36-5)17(11-20(22)16(2)14-27(32,3)4)12-21-25(34)31(26(35)30-21)15-24(33)29-19-9-7-18(28)8-10-19/h7-14H,6,15H2,1-5H3,(H,29,33)(H,30,35)/b21-12+. The van der Waals surface area contributed by atoms with Gasteiger partial charge < -0.3 is 20.3 Å². The number of nitrogens with zero attached hydrogens (tertiary/aromatic N) is 2. The fraction of sp³-hybridized carbons (Fsp3) is 0.296. The Labute approximate surface area is 215 Å². The Morgan fingerprint density at radius 1 is 1.19 bits per heavy atom. The molecule has 36 heavy (non-hydrogen) atoms. The topological polar surface area (TPSA) is 91.0 Å². The van der Waals surface area contributed by atoms with Crippen LogP contribution in [0, 0.1) is 0 Å². The second-order valence-electron chi connectivity index (χ2n) is 9.27. The highest BCUT2D eigenvalue weighted by molar-refractivity contribution is 6.30. The molecular weight excluding hydrogens is 480 g/mol. The zero-order valence-corrected chi connectivity index (χ0v) is 21.7. The van der Waals surface area contributed by atoms with Crippen LogP contribution in [0.25, 0.3) is 11.6 Å². The van der Waals surface area contributed by atoms with Crippen LogP contribution < -0.4 is 20.3 Å². The Bertz CT molecular complexity index is 1300. The number of carbonyl (C=O) groups is 3. The van der Waals surface area contributed by atoms with Crippen molar-refractivity contribution in [3.05, 3.63) is 64.3 Å². The normalized spacial score (nSPS) is 17.6. The van der Waals surface area contributed by atoms with Crippen LogP contribution >= 0.6 is 11.6 Å². The highest BCUT2D eigenvalue weighted by atomic mass is 35.5. The van der Waals surface area contributed by atoms with Gasteiger partial charge in [0, 0.05) is 40.1 Å². The number of halogens is 1. The Balaban J connectivity index is 1.59. The number of imide groups is 1.